The molecule has 0 aliphatic carbocycles. The number of carbonyl (C=O) groups excluding carboxylic acids is 2. The summed E-state index contributed by atoms with van der Waals surface area (Å²) in [6, 6.07) is 0. The summed E-state index contributed by atoms with van der Waals surface area (Å²) in [6.45, 7) is -0.966. The molecule has 0 radical (unpaired) electrons. The minimum Gasteiger partial charge on any atom is -0.423 e. The Bertz CT molecular complexity index is 281. The normalized spacial score (nSPS) is 30.5. The first-order chi connectivity index (χ1) is 7.30. The Morgan fingerprint density at radius 2 is 1.56 bits per heavy atom. The third kappa shape index (κ3) is 3.44. The Kier molecular flexibility index (Phi) is 3.40. The van der Waals surface area contributed by atoms with Crippen molar-refractivity contribution < 1.29 is 46.1 Å². The Morgan fingerprint density at radius 3 is 1.69 bits per heavy atom. The van der Waals surface area contributed by atoms with Crippen LogP contribution in [-0.2, 0) is 18.9 Å². The second-order valence-corrected chi connectivity index (χ2v) is 2.47. The van der Waals surface area contributed by atoms with Gasteiger partial charge in [-0.1, -0.05) is 0 Å². The Hall–Kier alpha value is -1.74. The fraction of sp³-hybridized carbons (Fsp3) is 0.667. The molecule has 0 N–H and O–H groups in total. The van der Waals surface area contributed by atoms with Gasteiger partial charge in [-0.2, -0.15) is 17.6 Å². The summed E-state index contributed by atoms with van der Waals surface area (Å²) in [4.78, 5) is 19.5. The molecule has 0 aromatic heterocycles. The molecule has 2 aliphatic rings. The van der Waals surface area contributed by atoms with Crippen LogP contribution in [0.2, 0.25) is 0 Å². The Labute approximate surface area is 85.0 Å². The van der Waals surface area contributed by atoms with Crippen LogP contribution in [0.5, 0.6) is 0 Å². The van der Waals surface area contributed by atoms with E-state index in [0.29, 0.717) is 0 Å². The van der Waals surface area contributed by atoms with E-state index in [9.17, 15) is 27.2 Å². The molecule has 0 bridgehead atoms. The molecule has 0 spiro atoms. The number of alkyl halides is 4. The highest BCUT2D eigenvalue weighted by Gasteiger charge is 2.43. The van der Waals surface area contributed by atoms with Crippen molar-refractivity contribution in [3.63, 3.8) is 0 Å². The first-order valence-corrected chi connectivity index (χ1v) is 3.69. The lowest BCUT2D eigenvalue weighted by molar-refractivity contribution is -0.170. The standard InChI is InChI=1S/2C3H2F2O3/c4-3(5)1-7-2(6)8-3;4-1-2(5)8-3(6)7-1/h1H2;1-2H. The summed E-state index contributed by atoms with van der Waals surface area (Å²) in [5, 5.41) is 0. The lowest BCUT2D eigenvalue weighted by Crippen LogP contribution is -2.17. The smallest absolute Gasteiger partial charge is 0.423 e. The summed E-state index contributed by atoms with van der Waals surface area (Å²) >= 11 is 0. The third-order valence-corrected chi connectivity index (χ3v) is 1.21. The molecular weight excluding hydrogens is 244 g/mol. The molecule has 2 saturated heterocycles. The summed E-state index contributed by atoms with van der Waals surface area (Å²) < 4.78 is 60.8. The highest BCUT2D eigenvalue weighted by molar-refractivity contribution is 5.62. The zero-order chi connectivity index (χ0) is 12.3. The number of rotatable bonds is 0. The molecule has 0 saturated carbocycles. The fourth-order valence-electron chi connectivity index (χ4n) is 0.642. The van der Waals surface area contributed by atoms with Crippen molar-refractivity contribution >= 4 is 12.3 Å². The summed E-state index contributed by atoms with van der Waals surface area (Å²) in [7, 11) is 0. The number of carbonyl (C=O) groups is 2. The van der Waals surface area contributed by atoms with Crippen molar-refractivity contribution in [2.75, 3.05) is 6.61 Å². The van der Waals surface area contributed by atoms with E-state index < -0.39 is 37.7 Å². The predicted molar refractivity (Wildman–Crippen MR) is 34.7 cm³/mol. The van der Waals surface area contributed by atoms with Gasteiger partial charge in [-0.3, -0.25) is 0 Å². The highest BCUT2D eigenvalue weighted by atomic mass is 19.3. The van der Waals surface area contributed by atoms with E-state index >= 15 is 0 Å². The maximum atomic E-state index is 11.6. The SMILES string of the molecule is O=C1OC(F)C(F)O1.O=C1OCC(F)(F)O1. The van der Waals surface area contributed by atoms with E-state index in [0.717, 1.165) is 0 Å². The molecule has 2 unspecified atom stereocenters. The van der Waals surface area contributed by atoms with E-state index in [2.05, 4.69) is 18.9 Å². The van der Waals surface area contributed by atoms with Gasteiger partial charge in [0, 0.05) is 0 Å². The summed E-state index contributed by atoms with van der Waals surface area (Å²) in [6.07, 6.45) is -10.5. The monoisotopic (exact) mass is 248 g/mol. The second kappa shape index (κ2) is 4.41. The first kappa shape index (κ1) is 12.3. The van der Waals surface area contributed by atoms with Crippen LogP contribution in [0.15, 0.2) is 0 Å². The van der Waals surface area contributed by atoms with Gasteiger partial charge < -0.3 is 18.9 Å². The van der Waals surface area contributed by atoms with Gasteiger partial charge in [0.1, 0.15) is 0 Å². The number of ether oxygens (including phenoxy) is 4. The Morgan fingerprint density at radius 1 is 1.06 bits per heavy atom. The van der Waals surface area contributed by atoms with Crippen LogP contribution in [0.1, 0.15) is 0 Å². The van der Waals surface area contributed by atoms with Crippen molar-refractivity contribution in [1.29, 1.82) is 0 Å². The number of hydrogen-bond acceptors (Lipinski definition) is 6. The molecule has 16 heavy (non-hydrogen) atoms. The van der Waals surface area contributed by atoms with Crippen LogP contribution >= 0.6 is 0 Å². The molecule has 2 aliphatic heterocycles. The maximum Gasteiger partial charge on any atom is 0.513 e. The lowest BCUT2D eigenvalue weighted by Gasteiger charge is -1.98. The lowest BCUT2D eigenvalue weighted by atomic mass is 10.7. The van der Waals surface area contributed by atoms with Gasteiger partial charge in [-0.25, -0.2) is 9.59 Å². The quantitative estimate of drug-likeness (QED) is 0.477. The van der Waals surface area contributed by atoms with Gasteiger partial charge in [0.2, 0.25) is 0 Å². The molecule has 0 aromatic rings. The maximum absolute atomic E-state index is 11.6. The van der Waals surface area contributed by atoms with E-state index in [1.807, 2.05) is 0 Å². The van der Waals surface area contributed by atoms with Gasteiger partial charge in [-0.15, -0.1) is 0 Å². The molecular formula is C6H4F4O6. The van der Waals surface area contributed by atoms with E-state index in [-0.39, 0.29) is 0 Å². The number of hydrogen-bond donors (Lipinski definition) is 0. The van der Waals surface area contributed by atoms with Crippen LogP contribution in [0, 0.1) is 0 Å². The van der Waals surface area contributed by atoms with Crippen molar-refractivity contribution in [3.05, 3.63) is 0 Å². The minimum atomic E-state index is -3.41. The van der Waals surface area contributed by atoms with E-state index in [1.165, 1.54) is 0 Å². The first-order valence-electron chi connectivity index (χ1n) is 3.69. The van der Waals surface area contributed by atoms with Crippen molar-refractivity contribution in [1.82, 2.24) is 0 Å². The van der Waals surface area contributed by atoms with E-state index in [4.69, 9.17) is 0 Å². The van der Waals surface area contributed by atoms with Crippen LogP contribution in [-0.4, -0.2) is 37.7 Å². The Balaban J connectivity index is 0.000000160. The average molecular weight is 248 g/mol. The molecule has 0 aromatic carbocycles. The predicted octanol–water partition coefficient (Wildman–Crippen LogP) is 1.49. The third-order valence-electron chi connectivity index (χ3n) is 1.21. The summed E-state index contributed by atoms with van der Waals surface area (Å²) in [5.74, 6) is 0. The van der Waals surface area contributed by atoms with E-state index in [1.54, 1.807) is 0 Å². The molecule has 0 amide bonds. The molecule has 2 rings (SSSR count). The van der Waals surface area contributed by atoms with Gasteiger partial charge >= 0.3 is 31.1 Å². The second-order valence-electron chi connectivity index (χ2n) is 2.47. The zero-order valence-electron chi connectivity index (χ0n) is 7.32. The van der Waals surface area contributed by atoms with Crippen LogP contribution < -0.4 is 0 Å². The van der Waals surface area contributed by atoms with Gasteiger partial charge in [0.05, 0.1) is 0 Å². The number of halogens is 4. The fourth-order valence-corrected chi connectivity index (χ4v) is 0.642. The minimum absolute atomic E-state index is 0.966. The van der Waals surface area contributed by atoms with Gasteiger partial charge in [0.25, 0.3) is 0 Å². The van der Waals surface area contributed by atoms with Crippen LogP contribution in [0.3, 0.4) is 0 Å². The van der Waals surface area contributed by atoms with Gasteiger partial charge in [-0.05, 0) is 0 Å². The zero-order valence-corrected chi connectivity index (χ0v) is 7.32. The molecule has 6 nitrogen and oxygen atoms in total. The molecule has 2 heterocycles. The highest BCUT2D eigenvalue weighted by Crippen LogP contribution is 2.22. The topological polar surface area (TPSA) is 71.1 Å². The van der Waals surface area contributed by atoms with Crippen molar-refractivity contribution in [3.8, 4) is 0 Å². The van der Waals surface area contributed by atoms with Crippen molar-refractivity contribution in [2.45, 2.75) is 18.8 Å². The van der Waals surface area contributed by atoms with Crippen LogP contribution in [0.25, 0.3) is 0 Å². The molecule has 2 atom stereocenters. The van der Waals surface area contributed by atoms with Crippen LogP contribution in [0.4, 0.5) is 27.2 Å². The molecule has 10 heteroatoms. The number of cyclic esters (lactones) is 4. The largest absolute Gasteiger partial charge is 0.513 e. The van der Waals surface area contributed by atoms with Gasteiger partial charge in [0.15, 0.2) is 6.61 Å². The average Bonchev–Trinajstić information content (AvgIpc) is 2.57. The summed E-state index contributed by atoms with van der Waals surface area (Å²) in [5.41, 5.74) is 0. The molecule has 92 valence electrons. The van der Waals surface area contributed by atoms with Crippen molar-refractivity contribution in [2.24, 2.45) is 0 Å². The molecule has 2 fully saturated rings.